The third-order valence-electron chi connectivity index (χ3n) is 2.69. The van der Waals surface area contributed by atoms with Crippen LogP contribution in [0.5, 0.6) is 0 Å². The molecule has 16 heavy (non-hydrogen) atoms. The molecular formula is C12H15N3O. The van der Waals surface area contributed by atoms with Crippen molar-refractivity contribution < 1.29 is 0 Å². The number of aryl methyl sites for hydroxylation is 2. The quantitative estimate of drug-likeness (QED) is 0.792. The second kappa shape index (κ2) is 3.98. The summed E-state index contributed by atoms with van der Waals surface area (Å²) in [6.45, 7) is 2.28. The Hall–Kier alpha value is -1.81. The third kappa shape index (κ3) is 1.67. The molecule has 0 aliphatic rings. The lowest BCUT2D eigenvalue weighted by Crippen LogP contribution is -2.17. The predicted molar refractivity (Wildman–Crippen MR) is 64.1 cm³/mol. The molecule has 2 rings (SSSR count). The number of nitrogens with two attached hydrogens (primary N) is 1. The first-order chi connectivity index (χ1) is 7.63. The highest BCUT2D eigenvalue weighted by Crippen LogP contribution is 2.19. The number of rotatable bonds is 2. The van der Waals surface area contributed by atoms with E-state index in [9.17, 15) is 4.79 Å². The van der Waals surface area contributed by atoms with Crippen LogP contribution in [0.25, 0.3) is 11.3 Å². The predicted octanol–water partition coefficient (Wildman–Crippen LogP) is 1.15. The summed E-state index contributed by atoms with van der Waals surface area (Å²) in [6.07, 6.45) is 0. The molecule has 2 aromatic rings. The summed E-state index contributed by atoms with van der Waals surface area (Å²) in [6, 6.07) is 8.00. The van der Waals surface area contributed by atoms with Gasteiger partial charge in [-0.25, -0.2) is 0 Å². The van der Waals surface area contributed by atoms with E-state index in [1.807, 2.05) is 31.2 Å². The minimum Gasteiger partial charge on any atom is -0.326 e. The Morgan fingerprint density at radius 3 is 2.50 bits per heavy atom. The van der Waals surface area contributed by atoms with Gasteiger partial charge in [0.2, 0.25) is 0 Å². The molecule has 0 unspecified atom stereocenters. The van der Waals surface area contributed by atoms with Gasteiger partial charge in [-0.1, -0.05) is 29.8 Å². The van der Waals surface area contributed by atoms with E-state index in [-0.39, 0.29) is 12.1 Å². The molecule has 0 aliphatic carbocycles. The summed E-state index contributed by atoms with van der Waals surface area (Å²) in [5, 5.41) is 3.02. The van der Waals surface area contributed by atoms with Crippen molar-refractivity contribution in [2.75, 3.05) is 0 Å². The van der Waals surface area contributed by atoms with Crippen LogP contribution in [0.1, 0.15) is 11.1 Å². The van der Waals surface area contributed by atoms with Gasteiger partial charge in [0.1, 0.15) is 0 Å². The van der Waals surface area contributed by atoms with Gasteiger partial charge in [0.15, 0.2) is 0 Å². The summed E-state index contributed by atoms with van der Waals surface area (Å²) in [4.78, 5) is 11.7. The molecule has 0 fully saturated rings. The lowest BCUT2D eigenvalue weighted by Gasteiger charge is -2.01. The Morgan fingerprint density at radius 1 is 1.31 bits per heavy atom. The largest absolute Gasteiger partial charge is 0.326 e. The van der Waals surface area contributed by atoms with Crippen molar-refractivity contribution in [1.29, 1.82) is 0 Å². The van der Waals surface area contributed by atoms with Crippen molar-refractivity contribution in [3.05, 3.63) is 45.7 Å². The van der Waals surface area contributed by atoms with E-state index in [0.717, 1.165) is 11.3 Å². The smallest absolute Gasteiger partial charge is 0.271 e. The highest BCUT2D eigenvalue weighted by Gasteiger charge is 2.11. The van der Waals surface area contributed by atoms with Crippen LogP contribution in [0.3, 0.4) is 0 Å². The lowest BCUT2D eigenvalue weighted by molar-refractivity contribution is 0.739. The zero-order chi connectivity index (χ0) is 11.7. The van der Waals surface area contributed by atoms with Crippen molar-refractivity contribution in [1.82, 2.24) is 9.78 Å². The fourth-order valence-corrected chi connectivity index (χ4v) is 1.74. The first-order valence-electron chi connectivity index (χ1n) is 5.18. The van der Waals surface area contributed by atoms with E-state index < -0.39 is 0 Å². The van der Waals surface area contributed by atoms with Crippen LogP contribution in [-0.4, -0.2) is 9.78 Å². The molecule has 0 bridgehead atoms. The molecule has 0 spiro atoms. The maximum Gasteiger partial charge on any atom is 0.271 e. The molecule has 0 amide bonds. The summed E-state index contributed by atoms with van der Waals surface area (Å²) < 4.78 is 1.46. The number of aromatic amines is 1. The monoisotopic (exact) mass is 217 g/mol. The fraction of sp³-hybridized carbons (Fsp3) is 0.250. The van der Waals surface area contributed by atoms with Gasteiger partial charge >= 0.3 is 0 Å². The highest BCUT2D eigenvalue weighted by molar-refractivity contribution is 5.62. The molecule has 1 aromatic carbocycles. The van der Waals surface area contributed by atoms with Crippen LogP contribution >= 0.6 is 0 Å². The van der Waals surface area contributed by atoms with Crippen molar-refractivity contribution in [3.63, 3.8) is 0 Å². The second-order valence-corrected chi connectivity index (χ2v) is 3.90. The number of benzene rings is 1. The summed E-state index contributed by atoms with van der Waals surface area (Å²) >= 11 is 0. The van der Waals surface area contributed by atoms with E-state index >= 15 is 0 Å². The molecule has 0 saturated carbocycles. The maximum atomic E-state index is 11.7. The molecule has 4 nitrogen and oxygen atoms in total. The molecule has 0 atom stereocenters. The van der Waals surface area contributed by atoms with Crippen LogP contribution in [0.2, 0.25) is 0 Å². The summed E-state index contributed by atoms with van der Waals surface area (Å²) in [7, 11) is 1.69. The van der Waals surface area contributed by atoms with Gasteiger partial charge < -0.3 is 5.73 Å². The average Bonchev–Trinajstić information content (AvgIpc) is 2.56. The normalized spacial score (nSPS) is 10.7. The standard InChI is InChI=1S/C12H15N3O/c1-8-3-5-9(6-4-8)11-10(7-13)12(16)15(2)14-11/h3-6,14H,7,13H2,1-2H3. The number of hydrogen-bond donors (Lipinski definition) is 2. The Balaban J connectivity index is 2.60. The Kier molecular flexibility index (Phi) is 2.66. The van der Waals surface area contributed by atoms with Gasteiger partial charge in [-0.15, -0.1) is 0 Å². The molecule has 3 N–H and O–H groups in total. The van der Waals surface area contributed by atoms with Gasteiger partial charge in [-0.2, -0.15) is 0 Å². The average molecular weight is 217 g/mol. The first kappa shape index (κ1) is 10.7. The molecule has 4 heteroatoms. The lowest BCUT2D eigenvalue weighted by atomic mass is 10.1. The zero-order valence-electron chi connectivity index (χ0n) is 9.45. The number of hydrogen-bond acceptors (Lipinski definition) is 2. The molecule has 1 aromatic heterocycles. The van der Waals surface area contributed by atoms with Crippen LogP contribution < -0.4 is 11.3 Å². The van der Waals surface area contributed by atoms with Gasteiger partial charge in [-0.3, -0.25) is 14.6 Å². The second-order valence-electron chi connectivity index (χ2n) is 3.90. The van der Waals surface area contributed by atoms with E-state index in [4.69, 9.17) is 5.73 Å². The van der Waals surface area contributed by atoms with E-state index in [1.165, 1.54) is 10.2 Å². The molecule has 0 aliphatic heterocycles. The topological polar surface area (TPSA) is 63.8 Å². The van der Waals surface area contributed by atoms with Gasteiger partial charge in [-0.05, 0) is 12.5 Å². The molecular weight excluding hydrogens is 202 g/mol. The van der Waals surface area contributed by atoms with Crippen LogP contribution in [0.4, 0.5) is 0 Å². The van der Waals surface area contributed by atoms with Gasteiger partial charge in [0.25, 0.3) is 5.56 Å². The van der Waals surface area contributed by atoms with Gasteiger partial charge in [0, 0.05) is 13.6 Å². The Morgan fingerprint density at radius 2 is 1.94 bits per heavy atom. The number of nitrogens with zero attached hydrogens (tertiary/aromatic N) is 1. The summed E-state index contributed by atoms with van der Waals surface area (Å²) in [5.41, 5.74) is 9.17. The van der Waals surface area contributed by atoms with Gasteiger partial charge in [0.05, 0.1) is 11.3 Å². The first-order valence-corrected chi connectivity index (χ1v) is 5.18. The number of H-pyrrole nitrogens is 1. The molecule has 0 saturated heterocycles. The van der Waals surface area contributed by atoms with E-state index in [2.05, 4.69) is 5.10 Å². The minimum absolute atomic E-state index is 0.0573. The van der Waals surface area contributed by atoms with Crippen LogP contribution in [-0.2, 0) is 13.6 Å². The van der Waals surface area contributed by atoms with Crippen molar-refractivity contribution in [2.24, 2.45) is 12.8 Å². The van der Waals surface area contributed by atoms with Crippen LogP contribution in [0, 0.1) is 6.92 Å². The van der Waals surface area contributed by atoms with Crippen molar-refractivity contribution >= 4 is 0 Å². The third-order valence-corrected chi connectivity index (χ3v) is 2.69. The number of aromatic nitrogens is 2. The van der Waals surface area contributed by atoms with E-state index in [1.54, 1.807) is 7.05 Å². The fourth-order valence-electron chi connectivity index (χ4n) is 1.74. The van der Waals surface area contributed by atoms with Crippen molar-refractivity contribution in [3.8, 4) is 11.3 Å². The highest BCUT2D eigenvalue weighted by atomic mass is 16.1. The Labute approximate surface area is 93.7 Å². The zero-order valence-corrected chi connectivity index (χ0v) is 9.45. The SMILES string of the molecule is Cc1ccc(-c2[nH]n(C)c(=O)c2CN)cc1. The van der Waals surface area contributed by atoms with Crippen molar-refractivity contribution in [2.45, 2.75) is 13.5 Å². The number of nitrogens with one attached hydrogen (secondary N) is 1. The molecule has 0 radical (unpaired) electrons. The Bertz CT molecular complexity index is 549. The maximum absolute atomic E-state index is 11.7. The molecule has 84 valence electrons. The molecule has 1 heterocycles. The summed E-state index contributed by atoms with van der Waals surface area (Å²) in [5.74, 6) is 0. The van der Waals surface area contributed by atoms with Crippen LogP contribution in [0.15, 0.2) is 29.1 Å². The van der Waals surface area contributed by atoms with E-state index in [0.29, 0.717) is 5.56 Å². The minimum atomic E-state index is -0.0573.